The number of alkyl halides is 3. The van der Waals surface area contributed by atoms with Crippen LogP contribution in [0.5, 0.6) is 0 Å². The number of carbonyl (C=O) groups excluding carboxylic acids is 2. The number of carbonyl (C=O) groups is 2. The van der Waals surface area contributed by atoms with Crippen LogP contribution >= 0.6 is 0 Å². The summed E-state index contributed by atoms with van der Waals surface area (Å²) < 4.78 is 53.0. The normalized spacial score (nSPS) is 10.7. The number of hydrogen-bond acceptors (Lipinski definition) is 4. The second-order valence-corrected chi connectivity index (χ2v) is 5.32. The second-order valence-electron chi connectivity index (χ2n) is 5.32. The van der Waals surface area contributed by atoms with E-state index in [1.165, 1.54) is 13.0 Å². The van der Waals surface area contributed by atoms with Gasteiger partial charge in [0, 0.05) is 12.5 Å². The predicted molar refractivity (Wildman–Crippen MR) is 88.0 cm³/mol. The number of nitriles is 1. The number of halogens is 4. The van der Waals surface area contributed by atoms with Crippen molar-refractivity contribution in [2.24, 2.45) is 0 Å². The zero-order valence-corrected chi connectivity index (χ0v) is 13.7. The van der Waals surface area contributed by atoms with Crippen LogP contribution in [-0.4, -0.2) is 11.8 Å². The Labute approximate surface area is 150 Å². The highest BCUT2D eigenvalue weighted by molar-refractivity contribution is 5.96. The summed E-state index contributed by atoms with van der Waals surface area (Å²) in [4.78, 5) is 22.9. The zero-order chi connectivity index (χ0) is 20.2. The molecule has 6 nitrogen and oxygen atoms in total. The number of benzene rings is 2. The second kappa shape index (κ2) is 7.74. The molecular weight excluding hydrogens is 368 g/mol. The van der Waals surface area contributed by atoms with Crippen LogP contribution in [0.4, 0.5) is 28.9 Å². The number of rotatable bonds is 4. The van der Waals surface area contributed by atoms with Gasteiger partial charge in [0.1, 0.15) is 5.82 Å². The van der Waals surface area contributed by atoms with Crippen molar-refractivity contribution in [3.05, 3.63) is 58.9 Å². The third kappa shape index (κ3) is 4.94. The van der Waals surface area contributed by atoms with Gasteiger partial charge in [0.15, 0.2) is 0 Å². The van der Waals surface area contributed by atoms with E-state index >= 15 is 0 Å². The first-order valence-corrected chi connectivity index (χ1v) is 7.36. The molecule has 0 aliphatic rings. The highest BCUT2D eigenvalue weighted by Crippen LogP contribution is 2.35. The monoisotopic (exact) mass is 380 g/mol. The maximum Gasteiger partial charge on any atom is 0.418 e. The Kier molecular flexibility index (Phi) is 5.65. The molecule has 0 aliphatic carbocycles. The molecule has 0 aliphatic heterocycles. The molecule has 10 heteroatoms. The van der Waals surface area contributed by atoms with Crippen LogP contribution in [0, 0.1) is 17.1 Å². The van der Waals surface area contributed by atoms with Crippen molar-refractivity contribution in [1.29, 1.82) is 5.26 Å². The number of anilines is 2. The minimum Gasteiger partial charge on any atom is -0.324 e. The summed E-state index contributed by atoms with van der Waals surface area (Å²) in [5, 5.41) is 10.9. The van der Waals surface area contributed by atoms with Crippen LogP contribution in [0.15, 0.2) is 36.4 Å². The molecule has 0 heterocycles. The predicted octanol–water partition coefficient (Wildman–Crippen LogP) is 3.43. The molecule has 0 aromatic heterocycles. The molecule has 2 amide bonds. The zero-order valence-electron chi connectivity index (χ0n) is 13.7. The van der Waals surface area contributed by atoms with E-state index in [0.717, 1.165) is 24.3 Å². The van der Waals surface area contributed by atoms with Crippen LogP contribution in [-0.2, 0) is 11.0 Å². The van der Waals surface area contributed by atoms with E-state index in [9.17, 15) is 27.2 Å². The summed E-state index contributed by atoms with van der Waals surface area (Å²) in [5.41, 5.74) is 1.99. The standard InChI is InChI=1S/C17H12F4N4O2/c1-9(26)23-15-5-3-11(7-13(15)18)16(27)25-24-14-4-2-10(8-22)6-12(14)17(19,20)21/h2-7,24H,1H3,(H,23,26)(H,25,27). The lowest BCUT2D eigenvalue weighted by molar-refractivity contribution is -0.137. The van der Waals surface area contributed by atoms with Crippen LogP contribution < -0.4 is 16.2 Å². The maximum absolute atomic E-state index is 13.8. The van der Waals surface area contributed by atoms with Gasteiger partial charge < -0.3 is 5.32 Å². The molecule has 0 fully saturated rings. The smallest absolute Gasteiger partial charge is 0.324 e. The van der Waals surface area contributed by atoms with Gasteiger partial charge in [-0.15, -0.1) is 0 Å². The van der Waals surface area contributed by atoms with Crippen molar-refractivity contribution in [2.75, 3.05) is 10.7 Å². The fraction of sp³-hybridized carbons (Fsp3) is 0.118. The summed E-state index contributed by atoms with van der Waals surface area (Å²) in [7, 11) is 0. The van der Waals surface area contributed by atoms with Crippen molar-refractivity contribution in [1.82, 2.24) is 5.43 Å². The molecule has 0 saturated carbocycles. The fourth-order valence-electron chi connectivity index (χ4n) is 2.10. The third-order valence-electron chi connectivity index (χ3n) is 3.31. The molecule has 2 rings (SSSR count). The van der Waals surface area contributed by atoms with Gasteiger partial charge in [-0.25, -0.2) is 4.39 Å². The molecule has 0 bridgehead atoms. The van der Waals surface area contributed by atoms with Crippen LogP contribution in [0.2, 0.25) is 0 Å². The molecule has 3 N–H and O–H groups in total. The number of nitrogens with zero attached hydrogens (tertiary/aromatic N) is 1. The average Bonchev–Trinajstić information content (AvgIpc) is 2.60. The first-order valence-electron chi connectivity index (χ1n) is 7.36. The Morgan fingerprint density at radius 2 is 1.74 bits per heavy atom. The van der Waals surface area contributed by atoms with Gasteiger partial charge >= 0.3 is 6.18 Å². The minimum atomic E-state index is -4.76. The minimum absolute atomic E-state index is 0.140. The Bertz CT molecular complexity index is 936. The van der Waals surface area contributed by atoms with Gasteiger partial charge in [0.2, 0.25) is 5.91 Å². The van der Waals surface area contributed by atoms with E-state index in [1.807, 2.05) is 5.43 Å². The molecule has 140 valence electrons. The summed E-state index contributed by atoms with van der Waals surface area (Å²) in [6.45, 7) is 1.18. The molecule has 2 aromatic rings. The highest BCUT2D eigenvalue weighted by Gasteiger charge is 2.34. The quantitative estimate of drug-likeness (QED) is 0.560. The molecule has 0 saturated heterocycles. The van der Waals surface area contributed by atoms with Gasteiger partial charge in [-0.3, -0.25) is 20.4 Å². The molecule has 2 aromatic carbocycles. The molecule has 0 unspecified atom stereocenters. The number of hydrazine groups is 1. The Morgan fingerprint density at radius 3 is 2.30 bits per heavy atom. The summed E-state index contributed by atoms with van der Waals surface area (Å²) >= 11 is 0. The first-order chi connectivity index (χ1) is 12.6. The van der Waals surface area contributed by atoms with E-state index in [2.05, 4.69) is 10.7 Å². The first kappa shape index (κ1) is 19.7. The summed E-state index contributed by atoms with van der Waals surface area (Å²) in [5.74, 6) is -2.29. The Morgan fingerprint density at radius 1 is 1.07 bits per heavy atom. The highest BCUT2D eigenvalue weighted by atomic mass is 19.4. The molecular formula is C17H12F4N4O2. The average molecular weight is 380 g/mol. The molecule has 0 radical (unpaired) electrons. The summed E-state index contributed by atoms with van der Waals surface area (Å²) in [6, 6.07) is 7.53. The van der Waals surface area contributed by atoms with Gasteiger partial charge in [-0.05, 0) is 36.4 Å². The third-order valence-corrected chi connectivity index (χ3v) is 3.31. The van der Waals surface area contributed by atoms with Crippen LogP contribution in [0.1, 0.15) is 28.4 Å². The van der Waals surface area contributed by atoms with Crippen molar-refractivity contribution in [3.8, 4) is 6.07 Å². The van der Waals surface area contributed by atoms with Crippen LogP contribution in [0.3, 0.4) is 0 Å². The SMILES string of the molecule is CC(=O)Nc1ccc(C(=O)NNc2ccc(C#N)cc2C(F)(F)F)cc1F. The van der Waals surface area contributed by atoms with Crippen molar-refractivity contribution >= 4 is 23.2 Å². The fourth-order valence-corrected chi connectivity index (χ4v) is 2.10. The van der Waals surface area contributed by atoms with E-state index in [0.29, 0.717) is 6.07 Å². The maximum atomic E-state index is 13.8. The topological polar surface area (TPSA) is 94.0 Å². The summed E-state index contributed by atoms with van der Waals surface area (Å²) in [6.07, 6.45) is -4.76. The van der Waals surface area contributed by atoms with E-state index < -0.39 is 35.1 Å². The van der Waals surface area contributed by atoms with Crippen molar-refractivity contribution in [2.45, 2.75) is 13.1 Å². The Balaban J connectivity index is 2.18. The number of hydrogen-bond donors (Lipinski definition) is 3. The number of nitrogens with one attached hydrogen (secondary N) is 3. The molecule has 27 heavy (non-hydrogen) atoms. The largest absolute Gasteiger partial charge is 0.418 e. The molecule has 0 atom stereocenters. The lowest BCUT2D eigenvalue weighted by Gasteiger charge is -2.15. The van der Waals surface area contributed by atoms with Crippen molar-refractivity contribution < 1.29 is 27.2 Å². The van der Waals surface area contributed by atoms with Gasteiger partial charge in [-0.2, -0.15) is 18.4 Å². The van der Waals surface area contributed by atoms with E-state index in [-0.39, 0.29) is 16.8 Å². The van der Waals surface area contributed by atoms with Gasteiger partial charge in [0.05, 0.1) is 28.6 Å². The lowest BCUT2D eigenvalue weighted by Crippen LogP contribution is -2.30. The van der Waals surface area contributed by atoms with E-state index in [1.54, 1.807) is 6.07 Å². The Hall–Kier alpha value is -3.61. The van der Waals surface area contributed by atoms with Gasteiger partial charge in [0.25, 0.3) is 5.91 Å². The van der Waals surface area contributed by atoms with Crippen molar-refractivity contribution in [3.63, 3.8) is 0 Å². The lowest BCUT2D eigenvalue weighted by atomic mass is 10.1. The molecule has 0 spiro atoms. The van der Waals surface area contributed by atoms with Crippen LogP contribution in [0.25, 0.3) is 0 Å². The number of amides is 2. The van der Waals surface area contributed by atoms with Gasteiger partial charge in [-0.1, -0.05) is 0 Å². The van der Waals surface area contributed by atoms with E-state index in [4.69, 9.17) is 5.26 Å².